The van der Waals surface area contributed by atoms with Gasteiger partial charge in [0.15, 0.2) is 29.6 Å². The van der Waals surface area contributed by atoms with Crippen molar-refractivity contribution in [3.63, 3.8) is 0 Å². The first-order valence-electron chi connectivity index (χ1n) is 14.1. The molecule has 1 heterocycles. The van der Waals surface area contributed by atoms with Crippen molar-refractivity contribution in [2.24, 2.45) is 11.0 Å². The molecule has 1 atom stereocenters. The highest BCUT2D eigenvalue weighted by Crippen LogP contribution is 2.32. The average molecular weight is 619 g/mol. The van der Waals surface area contributed by atoms with Gasteiger partial charge in [0.1, 0.15) is 6.04 Å². The molecular weight excluding hydrogens is 584 g/mol. The number of hydrogen-bond acceptors (Lipinski definition) is 10. The molecule has 0 spiro atoms. The Hall–Kier alpha value is -5.59. The van der Waals surface area contributed by atoms with Crippen molar-refractivity contribution >= 4 is 35.6 Å². The molecule has 0 fully saturated rings. The van der Waals surface area contributed by atoms with Crippen molar-refractivity contribution in [3.8, 4) is 23.0 Å². The van der Waals surface area contributed by atoms with Crippen LogP contribution in [-0.2, 0) is 14.3 Å². The van der Waals surface area contributed by atoms with Crippen LogP contribution in [0.3, 0.4) is 0 Å². The summed E-state index contributed by atoms with van der Waals surface area (Å²) in [5.74, 6) is -0.343. The number of hydrogen-bond donors (Lipinski definition) is 3. The van der Waals surface area contributed by atoms with E-state index in [9.17, 15) is 19.2 Å². The van der Waals surface area contributed by atoms with Crippen LogP contribution in [0.2, 0.25) is 0 Å². The van der Waals surface area contributed by atoms with Crippen LogP contribution in [0.15, 0.2) is 65.8 Å². The average Bonchev–Trinajstić information content (AvgIpc) is 3.51. The van der Waals surface area contributed by atoms with Gasteiger partial charge in [0.2, 0.25) is 6.79 Å². The summed E-state index contributed by atoms with van der Waals surface area (Å²) in [4.78, 5) is 49.9. The standard InChI is InChI=1S/C32H34N4O9/c1-5-42-32(40)21-7-10-23(11-8-21)34-28(37)17-43-24-12-6-20(14-26(24)41-4)16-33-36-31(39)29(19(2)3)35-30(38)22-9-13-25-27(15-22)45-18-44-25/h6-16,19,29H,5,17-18H2,1-4H3,(H,34,37)(H,35,38)(H,36,39). The van der Waals surface area contributed by atoms with Gasteiger partial charge in [0.25, 0.3) is 17.7 Å². The zero-order valence-corrected chi connectivity index (χ0v) is 25.2. The summed E-state index contributed by atoms with van der Waals surface area (Å²) in [6.45, 7) is 5.39. The molecule has 3 N–H and O–H groups in total. The lowest BCUT2D eigenvalue weighted by Gasteiger charge is -2.20. The summed E-state index contributed by atoms with van der Waals surface area (Å²) in [5, 5.41) is 9.45. The van der Waals surface area contributed by atoms with Gasteiger partial charge in [-0.05, 0) is 79.1 Å². The van der Waals surface area contributed by atoms with Gasteiger partial charge in [-0.25, -0.2) is 10.2 Å². The fourth-order valence-electron chi connectivity index (χ4n) is 4.17. The first-order valence-corrected chi connectivity index (χ1v) is 14.1. The first kappa shape index (κ1) is 32.3. The summed E-state index contributed by atoms with van der Waals surface area (Å²) in [7, 11) is 1.45. The molecule has 13 nitrogen and oxygen atoms in total. The Labute approximate surface area is 259 Å². The van der Waals surface area contributed by atoms with E-state index >= 15 is 0 Å². The number of carbonyl (C=O) groups excluding carboxylic acids is 4. The van der Waals surface area contributed by atoms with Crippen molar-refractivity contribution in [2.45, 2.75) is 26.8 Å². The number of amides is 3. The van der Waals surface area contributed by atoms with Gasteiger partial charge in [-0.15, -0.1) is 0 Å². The Bertz CT molecular complexity index is 1570. The molecule has 236 valence electrons. The SMILES string of the molecule is CCOC(=O)c1ccc(NC(=O)COc2ccc(C=NNC(=O)C(NC(=O)c3ccc4c(c3)OCO4)C(C)C)cc2OC)cc1. The smallest absolute Gasteiger partial charge is 0.338 e. The molecule has 1 unspecified atom stereocenters. The number of anilines is 1. The number of carbonyl (C=O) groups is 4. The van der Waals surface area contributed by atoms with E-state index in [4.69, 9.17) is 23.7 Å². The summed E-state index contributed by atoms with van der Waals surface area (Å²) in [6, 6.07) is 15.1. The van der Waals surface area contributed by atoms with Gasteiger partial charge < -0.3 is 34.3 Å². The fourth-order valence-corrected chi connectivity index (χ4v) is 4.17. The maximum atomic E-state index is 12.9. The Morgan fingerprint density at radius 1 is 0.933 bits per heavy atom. The number of esters is 1. The molecule has 13 heteroatoms. The summed E-state index contributed by atoms with van der Waals surface area (Å²) in [5.41, 5.74) is 4.24. The lowest BCUT2D eigenvalue weighted by molar-refractivity contribution is -0.124. The summed E-state index contributed by atoms with van der Waals surface area (Å²) < 4.78 is 26.6. The molecule has 0 aromatic heterocycles. The maximum absolute atomic E-state index is 12.9. The highest BCUT2D eigenvalue weighted by Gasteiger charge is 2.25. The number of rotatable bonds is 13. The molecule has 3 aromatic carbocycles. The third-order valence-corrected chi connectivity index (χ3v) is 6.49. The van der Waals surface area contributed by atoms with Crippen molar-refractivity contribution < 1.29 is 42.9 Å². The van der Waals surface area contributed by atoms with E-state index in [1.807, 2.05) is 0 Å². The molecule has 3 aromatic rings. The third-order valence-electron chi connectivity index (χ3n) is 6.49. The lowest BCUT2D eigenvalue weighted by Crippen LogP contribution is -2.48. The van der Waals surface area contributed by atoms with Crippen LogP contribution in [0, 0.1) is 5.92 Å². The minimum absolute atomic E-state index is 0.0887. The normalized spacial score (nSPS) is 12.4. The quantitative estimate of drug-likeness (QED) is 0.148. The van der Waals surface area contributed by atoms with E-state index < -0.39 is 29.7 Å². The topological polar surface area (TPSA) is 163 Å². The van der Waals surface area contributed by atoms with Crippen molar-refractivity contribution in [1.82, 2.24) is 10.7 Å². The number of ether oxygens (including phenoxy) is 5. The van der Waals surface area contributed by atoms with Crippen molar-refractivity contribution in [1.29, 1.82) is 0 Å². The van der Waals surface area contributed by atoms with E-state index in [0.717, 1.165) is 0 Å². The molecule has 3 amide bonds. The molecule has 0 bridgehead atoms. The van der Waals surface area contributed by atoms with Gasteiger partial charge in [-0.3, -0.25) is 14.4 Å². The molecule has 0 saturated heterocycles. The molecule has 4 rings (SSSR count). The van der Waals surface area contributed by atoms with Crippen molar-refractivity contribution in [3.05, 3.63) is 77.4 Å². The number of benzene rings is 3. The molecule has 0 aliphatic carbocycles. The van der Waals surface area contributed by atoms with Gasteiger partial charge in [-0.2, -0.15) is 5.10 Å². The van der Waals surface area contributed by atoms with Crippen LogP contribution >= 0.6 is 0 Å². The van der Waals surface area contributed by atoms with E-state index in [-0.39, 0.29) is 25.9 Å². The lowest BCUT2D eigenvalue weighted by atomic mass is 10.0. The monoisotopic (exact) mass is 618 g/mol. The molecule has 0 saturated carbocycles. The van der Waals surface area contributed by atoms with E-state index in [2.05, 4.69) is 21.2 Å². The van der Waals surface area contributed by atoms with Crippen LogP contribution < -0.4 is 35.0 Å². The first-order chi connectivity index (χ1) is 21.7. The zero-order valence-electron chi connectivity index (χ0n) is 25.2. The highest BCUT2D eigenvalue weighted by molar-refractivity contribution is 5.98. The number of methoxy groups -OCH3 is 1. The zero-order chi connectivity index (χ0) is 32.3. The second-order valence-electron chi connectivity index (χ2n) is 10.0. The Kier molecular flexibility index (Phi) is 10.9. The van der Waals surface area contributed by atoms with Crippen LogP contribution in [0.25, 0.3) is 0 Å². The highest BCUT2D eigenvalue weighted by atomic mass is 16.7. The van der Waals surface area contributed by atoms with E-state index in [0.29, 0.717) is 45.4 Å². The Morgan fingerprint density at radius 3 is 2.38 bits per heavy atom. The predicted molar refractivity (Wildman–Crippen MR) is 164 cm³/mol. The third kappa shape index (κ3) is 8.72. The molecular formula is C32H34N4O9. The predicted octanol–water partition coefficient (Wildman–Crippen LogP) is 3.52. The van der Waals surface area contributed by atoms with Gasteiger partial charge in [0, 0.05) is 11.3 Å². The van der Waals surface area contributed by atoms with Gasteiger partial charge in [0.05, 0.1) is 25.5 Å². The van der Waals surface area contributed by atoms with Gasteiger partial charge >= 0.3 is 5.97 Å². The summed E-state index contributed by atoms with van der Waals surface area (Å²) in [6.07, 6.45) is 1.41. The van der Waals surface area contributed by atoms with Crippen LogP contribution in [-0.4, -0.2) is 63.1 Å². The second-order valence-corrected chi connectivity index (χ2v) is 10.0. The van der Waals surface area contributed by atoms with Crippen LogP contribution in [0.5, 0.6) is 23.0 Å². The minimum atomic E-state index is -0.855. The minimum Gasteiger partial charge on any atom is -0.493 e. The van der Waals surface area contributed by atoms with Crippen LogP contribution in [0.4, 0.5) is 5.69 Å². The van der Waals surface area contributed by atoms with Gasteiger partial charge in [-0.1, -0.05) is 13.8 Å². The van der Waals surface area contributed by atoms with E-state index in [1.165, 1.54) is 13.3 Å². The Morgan fingerprint density at radius 2 is 1.67 bits per heavy atom. The second kappa shape index (κ2) is 15.2. The molecule has 0 radical (unpaired) electrons. The summed E-state index contributed by atoms with van der Waals surface area (Å²) >= 11 is 0. The number of nitrogens with zero attached hydrogens (tertiary/aromatic N) is 1. The van der Waals surface area contributed by atoms with Crippen molar-refractivity contribution in [2.75, 3.05) is 32.4 Å². The molecule has 1 aliphatic heterocycles. The Balaban J connectivity index is 1.29. The van der Waals surface area contributed by atoms with Crippen LogP contribution in [0.1, 0.15) is 47.1 Å². The molecule has 1 aliphatic rings. The number of fused-ring (bicyclic) bond motifs is 1. The van der Waals surface area contributed by atoms with E-state index in [1.54, 1.807) is 81.4 Å². The maximum Gasteiger partial charge on any atom is 0.338 e. The number of hydrazone groups is 1. The fraction of sp³-hybridized carbons (Fsp3) is 0.281. The number of nitrogens with one attached hydrogen (secondary N) is 3. The molecule has 45 heavy (non-hydrogen) atoms. The largest absolute Gasteiger partial charge is 0.493 e.